The third kappa shape index (κ3) is 1.85. The topological polar surface area (TPSA) is 61.2 Å². The van der Waals surface area contributed by atoms with Gasteiger partial charge in [0.25, 0.3) is 0 Å². The van der Waals surface area contributed by atoms with Gasteiger partial charge >= 0.3 is 0 Å². The van der Waals surface area contributed by atoms with Gasteiger partial charge in [-0.1, -0.05) is 30.0 Å². The average Bonchev–Trinajstić information content (AvgIpc) is 2.69. The third-order valence-electron chi connectivity index (χ3n) is 3.12. The number of para-hydroxylation sites is 1. The first-order valence-electron chi connectivity index (χ1n) is 5.37. The van der Waals surface area contributed by atoms with E-state index in [0.717, 1.165) is 5.69 Å². The monoisotopic (exact) mass is 268 g/mol. The van der Waals surface area contributed by atoms with Gasteiger partial charge in [-0.2, -0.15) is 0 Å². The molecule has 2 heterocycles. The van der Waals surface area contributed by atoms with E-state index in [1.165, 1.54) is 11.8 Å². The molecule has 2 saturated heterocycles. The van der Waals surface area contributed by atoms with Crippen LogP contribution in [-0.2, 0) is 9.84 Å². The van der Waals surface area contributed by atoms with Crippen LogP contribution in [0.2, 0.25) is 0 Å². The summed E-state index contributed by atoms with van der Waals surface area (Å²) in [5.41, 5.74) is 0.912. The van der Waals surface area contributed by atoms with Crippen molar-refractivity contribution in [3.8, 4) is 0 Å². The number of hydrogen-bond donors (Lipinski definition) is 1. The largest absolute Gasteiger partial charge is 0.316 e. The Morgan fingerprint density at radius 3 is 2.65 bits per heavy atom. The van der Waals surface area contributed by atoms with E-state index in [0.29, 0.717) is 5.17 Å². The molecule has 0 unspecified atom stereocenters. The Balaban J connectivity index is 1.98. The van der Waals surface area contributed by atoms with Crippen LogP contribution in [0.1, 0.15) is 0 Å². The van der Waals surface area contributed by atoms with E-state index in [4.69, 9.17) is 5.41 Å². The number of amidine groups is 1. The summed E-state index contributed by atoms with van der Waals surface area (Å²) in [4.78, 5) is 1.85. The summed E-state index contributed by atoms with van der Waals surface area (Å²) in [6.07, 6.45) is 0. The van der Waals surface area contributed by atoms with Crippen molar-refractivity contribution in [1.82, 2.24) is 0 Å². The smallest absolute Gasteiger partial charge is 0.161 e. The van der Waals surface area contributed by atoms with Crippen LogP contribution in [0.5, 0.6) is 0 Å². The van der Waals surface area contributed by atoms with Crippen molar-refractivity contribution in [3.63, 3.8) is 0 Å². The molecule has 2 aliphatic heterocycles. The maximum atomic E-state index is 11.6. The molecule has 2 aliphatic rings. The van der Waals surface area contributed by atoms with E-state index in [-0.39, 0.29) is 22.8 Å². The Labute approximate surface area is 104 Å². The lowest BCUT2D eigenvalue weighted by Crippen LogP contribution is -2.37. The zero-order valence-electron chi connectivity index (χ0n) is 9.04. The predicted molar refractivity (Wildman–Crippen MR) is 70.5 cm³/mol. The number of hydrogen-bond acceptors (Lipinski definition) is 4. The first-order chi connectivity index (χ1) is 8.07. The molecule has 0 amide bonds. The Bertz CT molecular complexity index is 556. The highest BCUT2D eigenvalue weighted by Crippen LogP contribution is 2.39. The minimum atomic E-state index is -2.93. The highest BCUT2D eigenvalue weighted by atomic mass is 32.2. The maximum absolute atomic E-state index is 11.6. The molecule has 3 rings (SSSR count). The standard InChI is InChI=1S/C11H12N2O2S2/c12-11-13(8-4-2-1-3-5-8)9-6-17(14,15)7-10(9)16-11/h1-5,9-10,12H,6-7H2/t9-,10-/m1/s1. The number of nitrogens with zero attached hydrogens (tertiary/aromatic N) is 1. The Morgan fingerprint density at radius 1 is 1.24 bits per heavy atom. The molecule has 1 aromatic rings. The second kappa shape index (κ2) is 3.74. The summed E-state index contributed by atoms with van der Waals surface area (Å²) in [6.45, 7) is 0. The summed E-state index contributed by atoms with van der Waals surface area (Å²) >= 11 is 1.37. The van der Waals surface area contributed by atoms with Gasteiger partial charge in [-0.15, -0.1) is 0 Å². The third-order valence-corrected chi connectivity index (χ3v) is 6.25. The molecule has 2 atom stereocenters. The van der Waals surface area contributed by atoms with Crippen molar-refractivity contribution in [2.45, 2.75) is 11.3 Å². The lowest BCUT2D eigenvalue weighted by atomic mass is 10.2. The van der Waals surface area contributed by atoms with Crippen molar-refractivity contribution < 1.29 is 8.42 Å². The molecule has 0 aliphatic carbocycles. The van der Waals surface area contributed by atoms with Crippen molar-refractivity contribution in [1.29, 1.82) is 5.41 Å². The molecule has 6 heteroatoms. The number of rotatable bonds is 1. The number of sulfone groups is 1. The minimum Gasteiger partial charge on any atom is -0.316 e. The summed E-state index contributed by atoms with van der Waals surface area (Å²) in [6, 6.07) is 9.50. The first-order valence-corrected chi connectivity index (χ1v) is 8.07. The van der Waals surface area contributed by atoms with Gasteiger partial charge in [0.1, 0.15) is 0 Å². The molecule has 0 spiro atoms. The van der Waals surface area contributed by atoms with Gasteiger partial charge in [-0.25, -0.2) is 8.42 Å². The summed E-state index contributed by atoms with van der Waals surface area (Å²) in [7, 11) is -2.93. The summed E-state index contributed by atoms with van der Waals surface area (Å²) in [5.74, 6) is 0.371. The summed E-state index contributed by atoms with van der Waals surface area (Å²) < 4.78 is 23.2. The van der Waals surface area contributed by atoms with E-state index >= 15 is 0 Å². The SMILES string of the molecule is N=C1S[C@@H]2CS(=O)(=O)C[C@H]2N1c1ccccc1. The fourth-order valence-corrected chi connectivity index (χ4v) is 6.19. The van der Waals surface area contributed by atoms with Crippen molar-refractivity contribution in [2.24, 2.45) is 0 Å². The molecule has 0 radical (unpaired) electrons. The number of fused-ring (bicyclic) bond motifs is 1. The molecule has 0 aromatic heterocycles. The highest BCUT2D eigenvalue weighted by molar-refractivity contribution is 8.15. The predicted octanol–water partition coefficient (Wildman–Crippen LogP) is 1.34. The Hall–Kier alpha value is -1.01. The lowest BCUT2D eigenvalue weighted by molar-refractivity contribution is 0.601. The average molecular weight is 268 g/mol. The molecule has 1 N–H and O–H groups in total. The van der Waals surface area contributed by atoms with Gasteiger partial charge in [0.05, 0.1) is 17.5 Å². The zero-order valence-corrected chi connectivity index (χ0v) is 10.7. The van der Waals surface area contributed by atoms with Crippen LogP contribution in [-0.4, -0.2) is 36.4 Å². The Morgan fingerprint density at radius 2 is 1.94 bits per heavy atom. The van der Waals surface area contributed by atoms with Crippen molar-refractivity contribution >= 4 is 32.5 Å². The second-order valence-corrected chi connectivity index (χ2v) is 7.69. The fraction of sp³-hybridized carbons (Fsp3) is 0.364. The number of thioether (sulfide) groups is 1. The van der Waals surface area contributed by atoms with Crippen LogP contribution in [0.15, 0.2) is 30.3 Å². The first kappa shape index (κ1) is 11.1. The molecule has 4 nitrogen and oxygen atoms in total. The molecule has 17 heavy (non-hydrogen) atoms. The highest BCUT2D eigenvalue weighted by Gasteiger charge is 2.48. The van der Waals surface area contributed by atoms with E-state index in [1.807, 2.05) is 35.2 Å². The molecule has 1 aromatic carbocycles. The van der Waals surface area contributed by atoms with Gasteiger partial charge in [-0.05, 0) is 12.1 Å². The van der Waals surface area contributed by atoms with Gasteiger partial charge < -0.3 is 4.90 Å². The van der Waals surface area contributed by atoms with E-state index < -0.39 is 9.84 Å². The summed E-state index contributed by atoms with van der Waals surface area (Å²) in [5, 5.41) is 8.45. The van der Waals surface area contributed by atoms with Crippen LogP contribution < -0.4 is 4.90 Å². The van der Waals surface area contributed by atoms with Crippen LogP contribution in [0.3, 0.4) is 0 Å². The van der Waals surface area contributed by atoms with Gasteiger partial charge in [0.2, 0.25) is 0 Å². The Kier molecular flexibility index (Phi) is 2.45. The van der Waals surface area contributed by atoms with Crippen LogP contribution in [0.4, 0.5) is 5.69 Å². The van der Waals surface area contributed by atoms with Gasteiger partial charge in [0.15, 0.2) is 15.0 Å². The van der Waals surface area contributed by atoms with Crippen molar-refractivity contribution in [3.05, 3.63) is 30.3 Å². The zero-order chi connectivity index (χ0) is 12.0. The molecule has 0 bridgehead atoms. The van der Waals surface area contributed by atoms with Gasteiger partial charge in [-0.3, -0.25) is 5.41 Å². The van der Waals surface area contributed by atoms with Crippen LogP contribution >= 0.6 is 11.8 Å². The molecule has 0 saturated carbocycles. The second-order valence-electron chi connectivity index (χ2n) is 4.31. The maximum Gasteiger partial charge on any atom is 0.161 e. The minimum absolute atomic E-state index is 0.0210. The van der Waals surface area contributed by atoms with Crippen LogP contribution in [0, 0.1) is 5.41 Å². The van der Waals surface area contributed by atoms with Crippen LogP contribution in [0.25, 0.3) is 0 Å². The van der Waals surface area contributed by atoms with E-state index in [9.17, 15) is 8.42 Å². The quantitative estimate of drug-likeness (QED) is 0.835. The lowest BCUT2D eigenvalue weighted by Gasteiger charge is -2.23. The normalized spacial score (nSPS) is 30.6. The molecule has 2 fully saturated rings. The fourth-order valence-electron chi connectivity index (χ4n) is 2.40. The van der Waals surface area contributed by atoms with E-state index in [1.54, 1.807) is 0 Å². The molecule has 90 valence electrons. The van der Waals surface area contributed by atoms with Crippen molar-refractivity contribution in [2.75, 3.05) is 16.4 Å². The molecular weight excluding hydrogens is 256 g/mol. The van der Waals surface area contributed by atoms with E-state index in [2.05, 4.69) is 0 Å². The molecular formula is C11H12N2O2S2. The number of anilines is 1. The number of nitrogens with one attached hydrogen (secondary N) is 1. The van der Waals surface area contributed by atoms with Gasteiger partial charge in [0, 0.05) is 10.9 Å². The number of benzene rings is 1.